The van der Waals surface area contributed by atoms with Crippen molar-refractivity contribution in [2.75, 3.05) is 13.1 Å². The van der Waals surface area contributed by atoms with Crippen molar-refractivity contribution >= 4 is 0 Å². The summed E-state index contributed by atoms with van der Waals surface area (Å²) in [7, 11) is 0. The third-order valence-corrected chi connectivity index (χ3v) is 2.72. The highest BCUT2D eigenvalue weighted by molar-refractivity contribution is 5.18. The molecule has 0 aromatic heterocycles. The molecular weight excluding hydrogens is 146 g/mol. The van der Waals surface area contributed by atoms with E-state index in [1.54, 1.807) is 0 Å². The largest absolute Gasteiger partial charge is 0.297 e. The van der Waals surface area contributed by atoms with Crippen LogP contribution in [-0.2, 0) is 0 Å². The van der Waals surface area contributed by atoms with Gasteiger partial charge in [0.05, 0.1) is 0 Å². The maximum absolute atomic E-state index is 2.51. The van der Waals surface area contributed by atoms with Gasteiger partial charge in [-0.25, -0.2) is 0 Å². The number of nitrogens with zero attached hydrogens (tertiary/aromatic N) is 1. The van der Waals surface area contributed by atoms with Crippen molar-refractivity contribution in [2.24, 2.45) is 0 Å². The molecule has 0 unspecified atom stereocenters. The number of benzene rings is 1. The SMILES string of the molecule is C[C@H](c1ccccc1)N1CCC1. The molecule has 1 aliphatic heterocycles. The van der Waals surface area contributed by atoms with Gasteiger partial charge in [-0.2, -0.15) is 0 Å². The van der Waals surface area contributed by atoms with Crippen molar-refractivity contribution in [1.29, 1.82) is 0 Å². The summed E-state index contributed by atoms with van der Waals surface area (Å²) in [5.41, 5.74) is 1.44. The zero-order valence-corrected chi connectivity index (χ0v) is 7.53. The Morgan fingerprint density at radius 3 is 2.33 bits per heavy atom. The lowest BCUT2D eigenvalue weighted by molar-refractivity contribution is 0.128. The Hall–Kier alpha value is -0.820. The van der Waals surface area contributed by atoms with Gasteiger partial charge in [0, 0.05) is 6.04 Å². The Morgan fingerprint density at radius 1 is 1.17 bits per heavy atom. The smallest absolute Gasteiger partial charge is 0.0319 e. The molecule has 1 aromatic rings. The Kier molecular flexibility index (Phi) is 2.13. The monoisotopic (exact) mass is 161 g/mol. The van der Waals surface area contributed by atoms with Gasteiger partial charge in [-0.15, -0.1) is 0 Å². The first kappa shape index (κ1) is 7.81. The lowest BCUT2D eigenvalue weighted by Gasteiger charge is -2.36. The van der Waals surface area contributed by atoms with Gasteiger partial charge < -0.3 is 0 Å². The van der Waals surface area contributed by atoms with E-state index in [4.69, 9.17) is 0 Å². The molecular formula is C11H15N. The third-order valence-electron chi connectivity index (χ3n) is 2.72. The van der Waals surface area contributed by atoms with Gasteiger partial charge in [0.1, 0.15) is 0 Å². The van der Waals surface area contributed by atoms with Crippen LogP contribution in [0.15, 0.2) is 30.3 Å². The van der Waals surface area contributed by atoms with E-state index >= 15 is 0 Å². The molecule has 0 amide bonds. The highest BCUT2D eigenvalue weighted by Gasteiger charge is 2.20. The van der Waals surface area contributed by atoms with Gasteiger partial charge in [-0.05, 0) is 32.0 Å². The second-order valence-electron chi connectivity index (χ2n) is 3.48. The van der Waals surface area contributed by atoms with Crippen LogP contribution in [0, 0.1) is 0 Å². The van der Waals surface area contributed by atoms with Crippen LogP contribution >= 0.6 is 0 Å². The molecule has 1 nitrogen and oxygen atoms in total. The molecule has 0 radical (unpaired) electrons. The highest BCUT2D eigenvalue weighted by atomic mass is 15.2. The van der Waals surface area contributed by atoms with Gasteiger partial charge in [0.25, 0.3) is 0 Å². The zero-order valence-electron chi connectivity index (χ0n) is 7.53. The normalized spacial score (nSPS) is 20.1. The van der Waals surface area contributed by atoms with Crippen molar-refractivity contribution < 1.29 is 0 Å². The fraction of sp³-hybridized carbons (Fsp3) is 0.455. The van der Waals surface area contributed by atoms with Crippen molar-refractivity contribution in [1.82, 2.24) is 4.90 Å². The third kappa shape index (κ3) is 1.37. The van der Waals surface area contributed by atoms with E-state index in [1.165, 1.54) is 25.1 Å². The minimum Gasteiger partial charge on any atom is -0.297 e. The maximum atomic E-state index is 2.51. The molecule has 1 aliphatic rings. The molecule has 1 heteroatoms. The summed E-state index contributed by atoms with van der Waals surface area (Å²) in [5.74, 6) is 0. The Balaban J connectivity index is 2.08. The highest BCUT2D eigenvalue weighted by Crippen LogP contribution is 2.24. The van der Waals surface area contributed by atoms with E-state index in [0.29, 0.717) is 6.04 Å². The van der Waals surface area contributed by atoms with Gasteiger partial charge in [-0.3, -0.25) is 4.90 Å². The lowest BCUT2D eigenvalue weighted by Crippen LogP contribution is -2.38. The van der Waals surface area contributed by atoms with Crippen LogP contribution < -0.4 is 0 Å². The van der Waals surface area contributed by atoms with Crippen LogP contribution in [0.3, 0.4) is 0 Å². The fourth-order valence-corrected chi connectivity index (χ4v) is 1.67. The first-order valence-electron chi connectivity index (χ1n) is 4.67. The van der Waals surface area contributed by atoms with Gasteiger partial charge >= 0.3 is 0 Å². The van der Waals surface area contributed by atoms with Crippen LogP contribution in [0.5, 0.6) is 0 Å². The molecule has 0 saturated carbocycles. The fourth-order valence-electron chi connectivity index (χ4n) is 1.67. The molecule has 64 valence electrons. The number of hydrogen-bond donors (Lipinski definition) is 0. The zero-order chi connectivity index (χ0) is 8.39. The summed E-state index contributed by atoms with van der Waals surface area (Å²) in [5, 5.41) is 0. The standard InChI is InChI=1S/C11H15N/c1-10(12-8-5-9-12)11-6-3-2-4-7-11/h2-4,6-7,10H,5,8-9H2,1H3/t10-/m1/s1. The lowest BCUT2D eigenvalue weighted by atomic mass is 10.0. The minimum atomic E-state index is 0.611. The van der Waals surface area contributed by atoms with Gasteiger partial charge in [-0.1, -0.05) is 30.3 Å². The molecule has 2 rings (SSSR count). The average molecular weight is 161 g/mol. The summed E-state index contributed by atoms with van der Waals surface area (Å²) >= 11 is 0. The maximum Gasteiger partial charge on any atom is 0.0319 e. The summed E-state index contributed by atoms with van der Waals surface area (Å²) in [4.78, 5) is 2.51. The number of rotatable bonds is 2. The van der Waals surface area contributed by atoms with Gasteiger partial charge in [0.2, 0.25) is 0 Å². The number of likely N-dealkylation sites (tertiary alicyclic amines) is 1. The van der Waals surface area contributed by atoms with E-state index in [2.05, 4.69) is 42.2 Å². The van der Waals surface area contributed by atoms with Crippen molar-refractivity contribution in [3.8, 4) is 0 Å². The second-order valence-corrected chi connectivity index (χ2v) is 3.48. The van der Waals surface area contributed by atoms with Crippen molar-refractivity contribution in [3.05, 3.63) is 35.9 Å². The molecule has 1 fully saturated rings. The Morgan fingerprint density at radius 2 is 1.83 bits per heavy atom. The average Bonchev–Trinajstić information content (AvgIpc) is 2.03. The molecule has 1 atom stereocenters. The molecule has 1 saturated heterocycles. The summed E-state index contributed by atoms with van der Waals surface area (Å²) in [6, 6.07) is 11.3. The first-order chi connectivity index (χ1) is 5.88. The summed E-state index contributed by atoms with van der Waals surface area (Å²) < 4.78 is 0. The molecule has 0 spiro atoms. The van der Waals surface area contributed by atoms with E-state index < -0.39 is 0 Å². The topological polar surface area (TPSA) is 3.24 Å². The Labute approximate surface area is 74.0 Å². The minimum absolute atomic E-state index is 0.611. The molecule has 0 aliphatic carbocycles. The van der Waals surface area contributed by atoms with Crippen molar-refractivity contribution in [2.45, 2.75) is 19.4 Å². The van der Waals surface area contributed by atoms with Crippen LogP contribution in [0.25, 0.3) is 0 Å². The number of hydrogen-bond acceptors (Lipinski definition) is 1. The summed E-state index contributed by atoms with van der Waals surface area (Å²) in [6.07, 6.45) is 1.37. The molecule has 0 bridgehead atoms. The first-order valence-corrected chi connectivity index (χ1v) is 4.67. The van der Waals surface area contributed by atoms with E-state index in [-0.39, 0.29) is 0 Å². The van der Waals surface area contributed by atoms with Crippen LogP contribution in [-0.4, -0.2) is 18.0 Å². The van der Waals surface area contributed by atoms with E-state index in [1.807, 2.05) is 0 Å². The molecule has 0 N–H and O–H groups in total. The molecule has 12 heavy (non-hydrogen) atoms. The van der Waals surface area contributed by atoms with Gasteiger partial charge in [0.15, 0.2) is 0 Å². The molecule has 1 aromatic carbocycles. The Bertz CT molecular complexity index is 238. The predicted molar refractivity (Wildman–Crippen MR) is 51.0 cm³/mol. The predicted octanol–water partition coefficient (Wildman–Crippen LogP) is 2.45. The molecule has 1 heterocycles. The van der Waals surface area contributed by atoms with Crippen LogP contribution in [0.4, 0.5) is 0 Å². The van der Waals surface area contributed by atoms with Crippen LogP contribution in [0.1, 0.15) is 24.9 Å². The second kappa shape index (κ2) is 3.28. The van der Waals surface area contributed by atoms with Crippen molar-refractivity contribution in [3.63, 3.8) is 0 Å². The van der Waals surface area contributed by atoms with E-state index in [0.717, 1.165) is 0 Å². The van der Waals surface area contributed by atoms with E-state index in [9.17, 15) is 0 Å². The summed E-state index contributed by atoms with van der Waals surface area (Å²) in [6.45, 7) is 4.83. The van der Waals surface area contributed by atoms with Crippen LogP contribution in [0.2, 0.25) is 0 Å². The quantitative estimate of drug-likeness (QED) is 0.644.